The van der Waals surface area contributed by atoms with E-state index in [-0.39, 0.29) is 12.1 Å². The van der Waals surface area contributed by atoms with Gasteiger partial charge in [0.1, 0.15) is 5.82 Å². The molecule has 5 rings (SSSR count). The van der Waals surface area contributed by atoms with Gasteiger partial charge in [-0.15, -0.1) is 0 Å². The van der Waals surface area contributed by atoms with Gasteiger partial charge in [0.05, 0.1) is 30.3 Å². The van der Waals surface area contributed by atoms with Gasteiger partial charge >= 0.3 is 6.03 Å². The van der Waals surface area contributed by atoms with Crippen LogP contribution in [0.5, 0.6) is 0 Å². The van der Waals surface area contributed by atoms with Gasteiger partial charge in [-0.1, -0.05) is 0 Å². The molecule has 10 heteroatoms. The van der Waals surface area contributed by atoms with Crippen molar-refractivity contribution in [1.82, 2.24) is 30.4 Å². The summed E-state index contributed by atoms with van der Waals surface area (Å²) < 4.78 is 7.84. The van der Waals surface area contributed by atoms with Crippen molar-refractivity contribution in [3.05, 3.63) is 30.5 Å². The van der Waals surface area contributed by atoms with Crippen molar-refractivity contribution in [3.8, 4) is 11.4 Å². The first-order chi connectivity index (χ1) is 16.1. The number of hydrogen-bond acceptors (Lipinski definition) is 7. The average molecular weight is 451 g/mol. The second kappa shape index (κ2) is 9.32. The smallest absolute Gasteiger partial charge is 0.318 e. The molecule has 3 N–H and O–H groups in total. The van der Waals surface area contributed by atoms with Gasteiger partial charge in [0.2, 0.25) is 0 Å². The Balaban J connectivity index is 1.56. The summed E-state index contributed by atoms with van der Waals surface area (Å²) in [6, 6.07) is 7.65. The first-order valence-electron chi connectivity index (χ1n) is 11.5. The summed E-state index contributed by atoms with van der Waals surface area (Å²) in [6.07, 6.45) is 4.11. The normalized spacial score (nSPS) is 19.6. The molecule has 2 aliphatic rings. The van der Waals surface area contributed by atoms with E-state index in [9.17, 15) is 4.79 Å². The van der Waals surface area contributed by atoms with Crippen LogP contribution in [0.25, 0.3) is 22.4 Å². The molecule has 1 atom stereocenters. The van der Waals surface area contributed by atoms with Crippen LogP contribution >= 0.6 is 0 Å². The maximum atomic E-state index is 11.6. The lowest BCUT2D eigenvalue weighted by Gasteiger charge is -2.32. The van der Waals surface area contributed by atoms with Crippen molar-refractivity contribution in [3.63, 3.8) is 0 Å². The Morgan fingerprint density at radius 3 is 2.70 bits per heavy atom. The number of ether oxygens (including phenoxy) is 1. The summed E-state index contributed by atoms with van der Waals surface area (Å²) in [4.78, 5) is 23.8. The molecule has 0 aliphatic carbocycles. The molecule has 2 aromatic heterocycles. The first-order valence-corrected chi connectivity index (χ1v) is 11.5. The molecule has 0 spiro atoms. The fourth-order valence-corrected chi connectivity index (χ4v) is 4.51. The number of hydrogen-bond donors (Lipinski definition) is 3. The highest BCUT2D eigenvalue weighted by atomic mass is 16.5. The zero-order chi connectivity index (χ0) is 22.8. The lowest BCUT2D eigenvalue weighted by Crippen LogP contribution is -2.41. The number of rotatable bonds is 4. The van der Waals surface area contributed by atoms with Crippen molar-refractivity contribution in [1.29, 1.82) is 0 Å². The Labute approximate surface area is 192 Å². The van der Waals surface area contributed by atoms with Gasteiger partial charge in [-0.25, -0.2) is 19.4 Å². The number of nitrogens with one attached hydrogen (secondary N) is 3. The predicted octanol–water partition coefficient (Wildman–Crippen LogP) is 2.39. The van der Waals surface area contributed by atoms with E-state index in [0.717, 1.165) is 61.4 Å². The van der Waals surface area contributed by atoms with Gasteiger partial charge in [-0.05, 0) is 57.1 Å². The highest BCUT2D eigenvalue weighted by Gasteiger charge is 2.25. The third-order valence-electron chi connectivity index (χ3n) is 6.26. The Morgan fingerprint density at radius 1 is 1.18 bits per heavy atom. The number of aromatic nitrogens is 4. The van der Waals surface area contributed by atoms with E-state index < -0.39 is 0 Å². The Bertz CT molecular complexity index is 1120. The zero-order valence-electron chi connectivity index (χ0n) is 19.0. The molecule has 10 nitrogen and oxygen atoms in total. The molecule has 174 valence electrons. The molecule has 33 heavy (non-hydrogen) atoms. The molecular formula is C23H30N8O2. The topological polar surface area (TPSA) is 109 Å². The number of piperidine rings is 1. The monoisotopic (exact) mass is 450 g/mol. The third-order valence-corrected chi connectivity index (χ3v) is 6.26. The van der Waals surface area contributed by atoms with Crippen molar-refractivity contribution in [2.75, 3.05) is 50.1 Å². The molecule has 0 bridgehead atoms. The Morgan fingerprint density at radius 2 is 1.97 bits per heavy atom. The molecular weight excluding hydrogens is 420 g/mol. The van der Waals surface area contributed by atoms with E-state index in [0.29, 0.717) is 24.2 Å². The number of morpholine rings is 1. The minimum absolute atomic E-state index is 0.141. The standard InChI is InChI=1S/C23H30N8O2/c1-15-14-30(11-12-33-15)21-19-13-26-31(18-7-9-25-10-8-18)22(19)29-20(28-21)16-3-5-17(6-4-16)27-23(32)24-2/h3-6,13,15,18,25H,7-12,14H2,1-2H3,(H2,24,27,32). The van der Waals surface area contributed by atoms with Crippen molar-refractivity contribution in [2.24, 2.45) is 0 Å². The molecule has 2 amide bonds. The Hall–Kier alpha value is -3.24. The molecule has 1 unspecified atom stereocenters. The number of carbonyl (C=O) groups excluding carboxylic acids is 1. The summed E-state index contributed by atoms with van der Waals surface area (Å²) >= 11 is 0. The number of nitrogens with zero attached hydrogens (tertiary/aromatic N) is 5. The number of urea groups is 1. The highest BCUT2D eigenvalue weighted by molar-refractivity contribution is 5.90. The molecule has 3 aromatic rings. The van der Waals surface area contributed by atoms with Gasteiger partial charge in [0, 0.05) is 31.4 Å². The van der Waals surface area contributed by atoms with E-state index in [1.165, 1.54) is 0 Å². The van der Waals surface area contributed by atoms with Crippen LogP contribution in [-0.4, -0.2) is 71.7 Å². The number of fused-ring (bicyclic) bond motifs is 1. The Kier molecular flexibility index (Phi) is 6.10. The van der Waals surface area contributed by atoms with Gasteiger partial charge in [0.25, 0.3) is 0 Å². The summed E-state index contributed by atoms with van der Waals surface area (Å²) in [5, 5.41) is 14.5. The van der Waals surface area contributed by atoms with E-state index in [1.807, 2.05) is 30.5 Å². The van der Waals surface area contributed by atoms with Crippen LogP contribution in [0.2, 0.25) is 0 Å². The first kappa shape index (κ1) is 21.6. The maximum absolute atomic E-state index is 11.6. The van der Waals surface area contributed by atoms with Crippen LogP contribution in [-0.2, 0) is 4.74 Å². The van der Waals surface area contributed by atoms with E-state index in [4.69, 9.17) is 19.8 Å². The molecule has 2 aliphatic heterocycles. The van der Waals surface area contributed by atoms with E-state index in [1.54, 1.807) is 7.05 Å². The number of anilines is 2. The maximum Gasteiger partial charge on any atom is 0.318 e. The second-order valence-corrected chi connectivity index (χ2v) is 8.59. The molecule has 1 aromatic carbocycles. The molecule has 0 radical (unpaired) electrons. The summed E-state index contributed by atoms with van der Waals surface area (Å²) in [5.74, 6) is 1.55. The molecule has 4 heterocycles. The van der Waals surface area contributed by atoms with Gasteiger partial charge in [-0.3, -0.25) is 0 Å². The van der Waals surface area contributed by atoms with Crippen molar-refractivity contribution in [2.45, 2.75) is 31.9 Å². The van der Waals surface area contributed by atoms with Crippen LogP contribution in [0.15, 0.2) is 30.5 Å². The molecule has 2 fully saturated rings. The average Bonchev–Trinajstić information content (AvgIpc) is 3.28. The van der Waals surface area contributed by atoms with E-state index >= 15 is 0 Å². The van der Waals surface area contributed by atoms with Crippen molar-refractivity contribution < 1.29 is 9.53 Å². The molecule has 0 saturated carbocycles. The lowest BCUT2D eigenvalue weighted by molar-refractivity contribution is 0.0530. The number of carbonyl (C=O) groups is 1. The van der Waals surface area contributed by atoms with Crippen molar-refractivity contribution >= 4 is 28.6 Å². The number of benzene rings is 1. The van der Waals surface area contributed by atoms with Crippen LogP contribution in [0.3, 0.4) is 0 Å². The van der Waals surface area contributed by atoms with Crippen LogP contribution in [0, 0.1) is 0 Å². The quantitative estimate of drug-likeness (QED) is 0.560. The second-order valence-electron chi connectivity index (χ2n) is 8.59. The minimum atomic E-state index is -0.255. The predicted molar refractivity (Wildman–Crippen MR) is 128 cm³/mol. The van der Waals surface area contributed by atoms with Gasteiger partial charge in [0.15, 0.2) is 11.5 Å². The fourth-order valence-electron chi connectivity index (χ4n) is 4.51. The molecule has 2 saturated heterocycles. The third kappa shape index (κ3) is 4.49. The van der Waals surface area contributed by atoms with Gasteiger partial charge < -0.3 is 25.6 Å². The summed E-state index contributed by atoms with van der Waals surface area (Å²) in [7, 11) is 1.59. The SMILES string of the molecule is CNC(=O)Nc1ccc(-c2nc(N3CCOC(C)C3)c3cnn(C4CCNCC4)c3n2)cc1. The van der Waals surface area contributed by atoms with Crippen LogP contribution in [0.4, 0.5) is 16.3 Å². The summed E-state index contributed by atoms with van der Waals surface area (Å²) in [6.45, 7) is 6.28. The van der Waals surface area contributed by atoms with Crippen LogP contribution in [0.1, 0.15) is 25.8 Å². The largest absolute Gasteiger partial charge is 0.375 e. The highest BCUT2D eigenvalue weighted by Crippen LogP contribution is 2.32. The summed E-state index contributed by atoms with van der Waals surface area (Å²) in [5.41, 5.74) is 2.47. The van der Waals surface area contributed by atoms with Gasteiger partial charge in [-0.2, -0.15) is 5.10 Å². The lowest BCUT2D eigenvalue weighted by atomic mass is 10.1. The van der Waals surface area contributed by atoms with Crippen LogP contribution < -0.4 is 20.9 Å². The number of amides is 2. The minimum Gasteiger partial charge on any atom is -0.375 e. The van der Waals surface area contributed by atoms with E-state index in [2.05, 4.69) is 32.5 Å². The zero-order valence-corrected chi connectivity index (χ0v) is 19.0. The fraction of sp³-hybridized carbons (Fsp3) is 0.478.